The lowest BCUT2D eigenvalue weighted by molar-refractivity contribution is 0.669. The molecule has 0 aliphatic heterocycles. The van der Waals surface area contributed by atoms with E-state index in [9.17, 15) is 0 Å². The van der Waals surface area contributed by atoms with Crippen molar-refractivity contribution in [1.82, 2.24) is 15.0 Å². The summed E-state index contributed by atoms with van der Waals surface area (Å²) in [6.07, 6.45) is 0. The van der Waals surface area contributed by atoms with Crippen LogP contribution in [0.1, 0.15) is 0 Å². The maximum atomic E-state index is 6.82. The lowest BCUT2D eigenvalue weighted by atomic mass is 9.98. The Hall–Kier alpha value is -7.57. The molecule has 8 aromatic carbocycles. The molecule has 0 spiro atoms. The van der Waals surface area contributed by atoms with Crippen molar-refractivity contribution >= 4 is 71.7 Å². The summed E-state index contributed by atoms with van der Waals surface area (Å²) in [7, 11) is 0. The molecule has 6 nitrogen and oxygen atoms in total. The minimum atomic E-state index is 0.591. The molecule has 3 aromatic heterocycles. The molecular formula is C49H30N4O2. The van der Waals surface area contributed by atoms with Gasteiger partial charge in [-0.15, -0.1) is 0 Å². The van der Waals surface area contributed by atoms with Crippen molar-refractivity contribution in [3.63, 3.8) is 0 Å². The number of nitrogens with zero attached hydrogens (tertiary/aromatic N) is 4. The van der Waals surface area contributed by atoms with E-state index in [1.54, 1.807) is 0 Å². The van der Waals surface area contributed by atoms with E-state index in [4.69, 9.17) is 23.8 Å². The predicted octanol–water partition coefficient (Wildman–Crippen LogP) is 13.3. The first-order valence-electron chi connectivity index (χ1n) is 18.3. The minimum Gasteiger partial charge on any atom is -0.456 e. The number of furan rings is 2. The number of benzene rings is 8. The van der Waals surface area contributed by atoms with Gasteiger partial charge < -0.3 is 13.7 Å². The van der Waals surface area contributed by atoms with Crippen molar-refractivity contribution in [3.05, 3.63) is 182 Å². The van der Waals surface area contributed by atoms with Crippen LogP contribution in [-0.4, -0.2) is 15.0 Å². The highest BCUT2D eigenvalue weighted by Crippen LogP contribution is 2.47. The highest BCUT2D eigenvalue weighted by Gasteiger charge is 2.24. The summed E-state index contributed by atoms with van der Waals surface area (Å²) in [5, 5.41) is 6.11. The number of anilines is 3. The van der Waals surface area contributed by atoms with Crippen LogP contribution in [0.2, 0.25) is 0 Å². The molecule has 0 bridgehead atoms. The molecular weight excluding hydrogens is 677 g/mol. The number of hydrogen-bond donors (Lipinski definition) is 0. The topological polar surface area (TPSA) is 68.2 Å². The molecule has 0 N–H and O–H groups in total. The molecule has 0 unspecified atom stereocenters. The van der Waals surface area contributed by atoms with Gasteiger partial charge in [-0.3, -0.25) is 0 Å². The van der Waals surface area contributed by atoms with Crippen molar-refractivity contribution in [2.24, 2.45) is 0 Å². The van der Waals surface area contributed by atoms with E-state index in [1.807, 2.05) is 91.0 Å². The monoisotopic (exact) mass is 706 g/mol. The molecule has 0 saturated heterocycles. The first-order valence-corrected chi connectivity index (χ1v) is 18.3. The van der Waals surface area contributed by atoms with Crippen LogP contribution < -0.4 is 4.90 Å². The fourth-order valence-corrected chi connectivity index (χ4v) is 7.79. The van der Waals surface area contributed by atoms with Crippen molar-refractivity contribution in [2.75, 3.05) is 4.90 Å². The van der Waals surface area contributed by atoms with Crippen molar-refractivity contribution in [1.29, 1.82) is 0 Å². The van der Waals surface area contributed by atoms with Crippen molar-refractivity contribution < 1.29 is 8.83 Å². The lowest BCUT2D eigenvalue weighted by Gasteiger charge is -2.26. The Balaban J connectivity index is 1.19. The van der Waals surface area contributed by atoms with Gasteiger partial charge in [-0.05, 0) is 53.9 Å². The second kappa shape index (κ2) is 12.5. The van der Waals surface area contributed by atoms with Gasteiger partial charge in [-0.25, -0.2) is 15.0 Å². The fourth-order valence-electron chi connectivity index (χ4n) is 7.79. The zero-order valence-corrected chi connectivity index (χ0v) is 29.4. The van der Waals surface area contributed by atoms with Gasteiger partial charge in [0.2, 0.25) is 0 Å². The highest BCUT2D eigenvalue weighted by molar-refractivity contribution is 6.22. The van der Waals surface area contributed by atoms with Gasteiger partial charge in [-0.2, -0.15) is 0 Å². The van der Waals surface area contributed by atoms with E-state index in [1.165, 1.54) is 0 Å². The largest absolute Gasteiger partial charge is 0.456 e. The third kappa shape index (κ3) is 5.15. The average Bonchev–Trinajstić information content (AvgIpc) is 3.83. The normalized spacial score (nSPS) is 11.6. The molecule has 3 heterocycles. The van der Waals surface area contributed by atoms with E-state index in [0.29, 0.717) is 17.5 Å². The number of rotatable bonds is 6. The second-order valence-electron chi connectivity index (χ2n) is 13.6. The Morgan fingerprint density at radius 1 is 0.364 bits per heavy atom. The van der Waals surface area contributed by atoms with Crippen molar-refractivity contribution in [3.8, 4) is 34.2 Å². The van der Waals surface area contributed by atoms with Gasteiger partial charge in [0.25, 0.3) is 0 Å². The van der Waals surface area contributed by atoms with Crippen molar-refractivity contribution in [2.45, 2.75) is 0 Å². The quantitative estimate of drug-likeness (QED) is 0.171. The summed E-state index contributed by atoms with van der Waals surface area (Å²) in [6, 6.07) is 62.0. The van der Waals surface area contributed by atoms with Crippen LogP contribution in [0.25, 0.3) is 88.8 Å². The van der Waals surface area contributed by atoms with E-state index < -0.39 is 0 Å². The maximum Gasteiger partial charge on any atom is 0.164 e. The van der Waals surface area contributed by atoms with Crippen LogP contribution in [0, 0.1) is 0 Å². The Bertz CT molecular complexity index is 3150. The number of aromatic nitrogens is 3. The van der Waals surface area contributed by atoms with Crippen LogP contribution in [-0.2, 0) is 0 Å². The molecule has 0 saturated carbocycles. The molecule has 0 fully saturated rings. The summed E-state index contributed by atoms with van der Waals surface area (Å²) in [6.45, 7) is 0. The third-order valence-corrected chi connectivity index (χ3v) is 10.3. The van der Waals surface area contributed by atoms with Gasteiger partial charge >= 0.3 is 0 Å². The molecule has 0 radical (unpaired) electrons. The third-order valence-electron chi connectivity index (χ3n) is 10.3. The maximum absolute atomic E-state index is 6.82. The van der Waals surface area contributed by atoms with E-state index in [2.05, 4.69) is 95.9 Å². The molecule has 0 atom stereocenters. The molecule has 0 aliphatic rings. The molecule has 55 heavy (non-hydrogen) atoms. The summed E-state index contributed by atoms with van der Waals surface area (Å²) >= 11 is 0. The van der Waals surface area contributed by atoms with Gasteiger partial charge in [0.1, 0.15) is 22.3 Å². The average molecular weight is 707 g/mol. The second-order valence-corrected chi connectivity index (χ2v) is 13.6. The summed E-state index contributed by atoms with van der Waals surface area (Å²) < 4.78 is 13.2. The Labute approximate surface area is 315 Å². The van der Waals surface area contributed by atoms with Gasteiger partial charge in [0.05, 0.1) is 11.1 Å². The molecule has 0 aliphatic carbocycles. The number of para-hydroxylation sites is 2. The Morgan fingerprint density at radius 3 is 1.67 bits per heavy atom. The number of fused-ring (bicyclic) bond motifs is 8. The zero-order valence-electron chi connectivity index (χ0n) is 29.4. The molecule has 0 amide bonds. The van der Waals surface area contributed by atoms with E-state index >= 15 is 0 Å². The summed E-state index contributed by atoms with van der Waals surface area (Å²) in [4.78, 5) is 17.5. The SMILES string of the molecule is c1ccc(-c2nc(-c3ccccc3)nc(-c3cc4c(oc5cccc(N(c6ccccc6)c6ccc7c(c6)oc6ccccc67)c54)c4ccccc34)n2)cc1. The van der Waals surface area contributed by atoms with Gasteiger partial charge in [-0.1, -0.05) is 127 Å². The van der Waals surface area contributed by atoms with Crippen LogP contribution >= 0.6 is 0 Å². The van der Waals surface area contributed by atoms with E-state index in [-0.39, 0.29) is 0 Å². The Morgan fingerprint density at radius 2 is 0.945 bits per heavy atom. The van der Waals surface area contributed by atoms with Crippen LogP contribution in [0.4, 0.5) is 17.1 Å². The standard InChI is InChI=1S/C49H30N4O2/c1-4-15-31(16-5-1)47-50-48(32-17-6-2-7-18-32)52-49(51-47)39-30-40-45-41(24-14-26-43(45)55-46(40)38-23-11-10-21-35(38)39)53(33-19-8-3-9-20-33)34-27-28-37-36-22-12-13-25-42(36)54-44(37)29-34/h1-30H. The first-order chi connectivity index (χ1) is 27.3. The van der Waals surface area contributed by atoms with Gasteiger partial charge in [0.15, 0.2) is 17.5 Å². The summed E-state index contributed by atoms with van der Waals surface area (Å²) in [5.74, 6) is 1.82. The smallest absolute Gasteiger partial charge is 0.164 e. The minimum absolute atomic E-state index is 0.591. The van der Waals surface area contributed by atoms with E-state index in [0.717, 1.165) is 88.4 Å². The molecule has 11 rings (SSSR count). The zero-order chi connectivity index (χ0) is 36.3. The lowest BCUT2D eigenvalue weighted by Crippen LogP contribution is -2.10. The van der Waals surface area contributed by atoms with Crippen LogP contribution in [0.3, 0.4) is 0 Å². The predicted molar refractivity (Wildman–Crippen MR) is 223 cm³/mol. The molecule has 11 aromatic rings. The van der Waals surface area contributed by atoms with Gasteiger partial charge in [0, 0.05) is 55.7 Å². The van der Waals surface area contributed by atoms with Crippen LogP contribution in [0.5, 0.6) is 0 Å². The number of hydrogen-bond acceptors (Lipinski definition) is 6. The fraction of sp³-hybridized carbons (Fsp3) is 0. The van der Waals surface area contributed by atoms with Crippen LogP contribution in [0.15, 0.2) is 191 Å². The highest BCUT2D eigenvalue weighted by atomic mass is 16.3. The Kier molecular flexibility index (Phi) is 7.07. The molecule has 6 heteroatoms. The first kappa shape index (κ1) is 31.0. The molecule has 258 valence electrons. The summed E-state index contributed by atoms with van der Waals surface area (Å²) in [5.41, 5.74) is 8.99.